The highest BCUT2D eigenvalue weighted by Crippen LogP contribution is 2.13. The minimum atomic E-state index is -0.893. The first kappa shape index (κ1) is 10.1. The summed E-state index contributed by atoms with van der Waals surface area (Å²) in [5, 5.41) is 4.07. The second kappa shape index (κ2) is 3.98. The standard InChI is InChI=1S/C10H7ClF2N2/c11-6-7-3-4-15(14-7)8-1-2-9(12)10(13)5-8/h1-5H,6H2. The molecule has 2 nitrogen and oxygen atoms in total. The summed E-state index contributed by atoms with van der Waals surface area (Å²) in [7, 11) is 0. The lowest BCUT2D eigenvalue weighted by atomic mass is 10.3. The van der Waals surface area contributed by atoms with Crippen LogP contribution in [0.25, 0.3) is 5.69 Å². The number of alkyl halides is 1. The van der Waals surface area contributed by atoms with Crippen molar-refractivity contribution in [2.75, 3.05) is 0 Å². The van der Waals surface area contributed by atoms with Crippen LogP contribution in [-0.2, 0) is 5.88 Å². The quantitative estimate of drug-likeness (QED) is 0.723. The van der Waals surface area contributed by atoms with Crippen LogP contribution in [0.2, 0.25) is 0 Å². The molecule has 0 fully saturated rings. The molecule has 5 heteroatoms. The molecule has 0 aliphatic heterocycles. The van der Waals surface area contributed by atoms with Gasteiger partial charge in [0.2, 0.25) is 0 Å². The normalized spacial score (nSPS) is 10.6. The van der Waals surface area contributed by atoms with Crippen molar-refractivity contribution in [1.82, 2.24) is 9.78 Å². The van der Waals surface area contributed by atoms with Crippen molar-refractivity contribution in [3.8, 4) is 5.69 Å². The maximum atomic E-state index is 12.9. The van der Waals surface area contributed by atoms with Crippen LogP contribution in [0.5, 0.6) is 0 Å². The predicted octanol–water partition coefficient (Wildman–Crippen LogP) is 2.89. The number of aromatic nitrogens is 2. The van der Waals surface area contributed by atoms with Gasteiger partial charge in [-0.25, -0.2) is 13.5 Å². The van der Waals surface area contributed by atoms with Gasteiger partial charge in [0.1, 0.15) is 0 Å². The third-order valence-electron chi connectivity index (χ3n) is 1.95. The molecule has 0 N–H and O–H groups in total. The summed E-state index contributed by atoms with van der Waals surface area (Å²) in [6.45, 7) is 0. The highest BCUT2D eigenvalue weighted by molar-refractivity contribution is 6.16. The van der Waals surface area contributed by atoms with Gasteiger partial charge in [-0.15, -0.1) is 11.6 Å². The second-order valence-corrected chi connectivity index (χ2v) is 3.25. The van der Waals surface area contributed by atoms with E-state index in [1.807, 2.05) is 0 Å². The van der Waals surface area contributed by atoms with Crippen LogP contribution < -0.4 is 0 Å². The molecular formula is C10H7ClF2N2. The zero-order valence-electron chi connectivity index (χ0n) is 7.62. The fourth-order valence-corrected chi connectivity index (χ4v) is 1.35. The molecule has 0 aliphatic rings. The fourth-order valence-electron chi connectivity index (χ4n) is 1.20. The Bertz CT molecular complexity index is 482. The predicted molar refractivity (Wildman–Crippen MR) is 53.0 cm³/mol. The van der Waals surface area contributed by atoms with Crippen molar-refractivity contribution in [1.29, 1.82) is 0 Å². The number of hydrogen-bond donors (Lipinski definition) is 0. The van der Waals surface area contributed by atoms with E-state index in [1.165, 1.54) is 10.7 Å². The third-order valence-corrected chi connectivity index (χ3v) is 2.22. The molecule has 0 amide bonds. The van der Waals surface area contributed by atoms with Gasteiger partial charge in [-0.1, -0.05) is 0 Å². The van der Waals surface area contributed by atoms with E-state index in [9.17, 15) is 8.78 Å². The first-order valence-electron chi connectivity index (χ1n) is 4.26. The Morgan fingerprint density at radius 3 is 2.60 bits per heavy atom. The van der Waals surface area contributed by atoms with Crippen LogP contribution in [0.4, 0.5) is 8.78 Å². The first-order valence-corrected chi connectivity index (χ1v) is 4.80. The number of benzene rings is 1. The van der Waals surface area contributed by atoms with E-state index in [2.05, 4.69) is 5.10 Å². The lowest BCUT2D eigenvalue weighted by Crippen LogP contribution is -1.97. The molecular weight excluding hydrogens is 222 g/mol. The van der Waals surface area contributed by atoms with Gasteiger partial charge in [0, 0.05) is 12.3 Å². The minimum Gasteiger partial charge on any atom is -0.241 e. The van der Waals surface area contributed by atoms with E-state index in [-0.39, 0.29) is 5.88 Å². The summed E-state index contributed by atoms with van der Waals surface area (Å²) < 4.78 is 27.0. The van der Waals surface area contributed by atoms with E-state index in [0.717, 1.165) is 12.1 Å². The van der Waals surface area contributed by atoms with Crippen LogP contribution in [0.3, 0.4) is 0 Å². The minimum absolute atomic E-state index is 0.288. The maximum absolute atomic E-state index is 12.9. The van der Waals surface area contributed by atoms with Gasteiger partial charge in [-0.3, -0.25) is 0 Å². The third kappa shape index (κ3) is 1.99. The van der Waals surface area contributed by atoms with Crippen molar-refractivity contribution in [3.63, 3.8) is 0 Å². The lowest BCUT2D eigenvalue weighted by Gasteiger charge is -2.01. The summed E-state index contributed by atoms with van der Waals surface area (Å²) >= 11 is 5.57. The second-order valence-electron chi connectivity index (χ2n) is 2.98. The summed E-state index contributed by atoms with van der Waals surface area (Å²) in [5.41, 5.74) is 1.15. The molecule has 1 aromatic carbocycles. The van der Waals surface area contributed by atoms with Crippen LogP contribution in [0.1, 0.15) is 5.69 Å². The van der Waals surface area contributed by atoms with Crippen LogP contribution in [0.15, 0.2) is 30.5 Å². The summed E-state index contributed by atoms with van der Waals surface area (Å²) in [6, 6.07) is 5.31. The van der Waals surface area contributed by atoms with Crippen LogP contribution >= 0.6 is 11.6 Å². The van der Waals surface area contributed by atoms with E-state index in [0.29, 0.717) is 11.4 Å². The lowest BCUT2D eigenvalue weighted by molar-refractivity contribution is 0.507. The Kier molecular flexibility index (Phi) is 2.68. The Hall–Kier alpha value is -1.42. The molecule has 0 spiro atoms. The molecule has 78 valence electrons. The molecule has 15 heavy (non-hydrogen) atoms. The average molecular weight is 229 g/mol. The number of halogens is 3. The molecule has 0 radical (unpaired) electrons. The Balaban J connectivity index is 2.40. The highest BCUT2D eigenvalue weighted by atomic mass is 35.5. The first-order chi connectivity index (χ1) is 7.20. The van der Waals surface area contributed by atoms with Crippen molar-refractivity contribution < 1.29 is 8.78 Å². The molecule has 0 saturated carbocycles. The van der Waals surface area contributed by atoms with E-state index in [1.54, 1.807) is 12.3 Å². The largest absolute Gasteiger partial charge is 0.241 e. The van der Waals surface area contributed by atoms with Crippen molar-refractivity contribution in [2.45, 2.75) is 5.88 Å². The van der Waals surface area contributed by atoms with Gasteiger partial charge in [-0.05, 0) is 18.2 Å². The molecule has 2 aromatic rings. The zero-order valence-corrected chi connectivity index (χ0v) is 8.38. The SMILES string of the molecule is Fc1ccc(-n2ccc(CCl)n2)cc1F. The summed E-state index contributed by atoms with van der Waals surface area (Å²) in [4.78, 5) is 0. The van der Waals surface area contributed by atoms with Crippen LogP contribution in [-0.4, -0.2) is 9.78 Å². The Morgan fingerprint density at radius 2 is 2.00 bits per heavy atom. The van der Waals surface area contributed by atoms with Gasteiger partial charge in [0.05, 0.1) is 17.3 Å². The van der Waals surface area contributed by atoms with E-state index in [4.69, 9.17) is 11.6 Å². The Morgan fingerprint density at radius 1 is 1.20 bits per heavy atom. The van der Waals surface area contributed by atoms with E-state index >= 15 is 0 Å². The smallest absolute Gasteiger partial charge is 0.160 e. The molecule has 0 atom stereocenters. The highest BCUT2D eigenvalue weighted by Gasteiger charge is 2.05. The fraction of sp³-hybridized carbons (Fsp3) is 0.100. The molecule has 2 rings (SSSR count). The van der Waals surface area contributed by atoms with Gasteiger partial charge in [0.25, 0.3) is 0 Å². The molecule has 0 unspecified atom stereocenters. The summed E-state index contributed by atoms with van der Waals surface area (Å²) in [5.74, 6) is -1.48. The van der Waals surface area contributed by atoms with Gasteiger partial charge < -0.3 is 0 Å². The molecule has 1 aromatic heterocycles. The Labute approximate surface area is 90.1 Å². The molecule has 0 saturated heterocycles. The van der Waals surface area contributed by atoms with E-state index < -0.39 is 11.6 Å². The summed E-state index contributed by atoms with van der Waals surface area (Å²) in [6.07, 6.45) is 1.64. The van der Waals surface area contributed by atoms with Crippen molar-refractivity contribution >= 4 is 11.6 Å². The van der Waals surface area contributed by atoms with Crippen molar-refractivity contribution in [3.05, 3.63) is 47.8 Å². The molecule has 0 bridgehead atoms. The number of rotatable bonds is 2. The topological polar surface area (TPSA) is 17.8 Å². The van der Waals surface area contributed by atoms with Gasteiger partial charge in [0.15, 0.2) is 11.6 Å². The maximum Gasteiger partial charge on any atom is 0.160 e. The van der Waals surface area contributed by atoms with Gasteiger partial charge >= 0.3 is 0 Å². The zero-order chi connectivity index (χ0) is 10.8. The average Bonchev–Trinajstić information content (AvgIpc) is 2.70. The number of hydrogen-bond acceptors (Lipinski definition) is 1. The molecule has 1 heterocycles. The molecule has 0 aliphatic carbocycles. The van der Waals surface area contributed by atoms with Crippen molar-refractivity contribution in [2.24, 2.45) is 0 Å². The van der Waals surface area contributed by atoms with Crippen LogP contribution in [0, 0.1) is 11.6 Å². The monoisotopic (exact) mass is 228 g/mol. The number of nitrogens with zero attached hydrogens (tertiary/aromatic N) is 2. The van der Waals surface area contributed by atoms with Gasteiger partial charge in [-0.2, -0.15) is 5.10 Å².